The molecular formula is C34H22N4O. The van der Waals surface area contributed by atoms with Crippen LogP contribution in [0.5, 0.6) is 11.5 Å². The molecule has 3 atom stereocenters. The summed E-state index contributed by atoms with van der Waals surface area (Å²) in [6.07, 6.45) is 0.0644. The van der Waals surface area contributed by atoms with Gasteiger partial charge in [0, 0.05) is 34.2 Å². The fourth-order valence-electron chi connectivity index (χ4n) is 7.04. The van der Waals surface area contributed by atoms with E-state index in [2.05, 4.69) is 117 Å². The first kappa shape index (κ1) is 20.1. The number of fused-ring (bicyclic) bond motifs is 10. The van der Waals surface area contributed by atoms with Crippen LogP contribution in [0.3, 0.4) is 0 Å². The molecule has 1 saturated heterocycles. The van der Waals surface area contributed by atoms with E-state index < -0.39 is 0 Å². The molecule has 0 saturated carbocycles. The van der Waals surface area contributed by atoms with E-state index in [9.17, 15) is 0 Å². The van der Waals surface area contributed by atoms with Crippen LogP contribution in [0.2, 0.25) is 0 Å². The van der Waals surface area contributed by atoms with Crippen LogP contribution in [-0.4, -0.2) is 32.5 Å². The summed E-state index contributed by atoms with van der Waals surface area (Å²) in [6.45, 7) is 1.03. The third kappa shape index (κ3) is 2.46. The van der Waals surface area contributed by atoms with Gasteiger partial charge in [-0.15, -0.1) is 0 Å². The summed E-state index contributed by atoms with van der Waals surface area (Å²) in [4.78, 5) is 7.82. The molecule has 3 aliphatic heterocycles. The number of benzene rings is 5. The van der Waals surface area contributed by atoms with Crippen LogP contribution in [0.25, 0.3) is 49.3 Å². The number of hydrogen-bond donors (Lipinski definition) is 0. The third-order valence-corrected chi connectivity index (χ3v) is 8.71. The van der Waals surface area contributed by atoms with Crippen LogP contribution in [0.4, 0.5) is 0 Å². The molecule has 1 fully saturated rings. The molecule has 0 radical (unpaired) electrons. The Balaban J connectivity index is 1.36. The molecule has 39 heavy (non-hydrogen) atoms. The molecular weight excluding hydrogens is 480 g/mol. The first-order chi connectivity index (χ1) is 19.4. The minimum absolute atomic E-state index is 0.0644. The summed E-state index contributed by atoms with van der Waals surface area (Å²) in [6, 6.07) is 39.1. The minimum Gasteiger partial charge on any atom is -0.453 e. The van der Waals surface area contributed by atoms with Crippen molar-refractivity contribution in [2.24, 2.45) is 4.99 Å². The zero-order chi connectivity index (χ0) is 25.2. The minimum atomic E-state index is 0.0644. The Labute approximate surface area is 223 Å². The first-order valence-corrected chi connectivity index (χ1v) is 13.5. The second kappa shape index (κ2) is 6.95. The molecule has 0 amide bonds. The van der Waals surface area contributed by atoms with E-state index in [0.29, 0.717) is 6.04 Å². The Bertz CT molecular complexity index is 2200. The van der Waals surface area contributed by atoms with Gasteiger partial charge in [0.25, 0.3) is 0 Å². The van der Waals surface area contributed by atoms with Crippen LogP contribution >= 0.6 is 0 Å². The van der Waals surface area contributed by atoms with E-state index in [1.165, 1.54) is 38.1 Å². The fourth-order valence-corrected chi connectivity index (χ4v) is 7.04. The van der Waals surface area contributed by atoms with Gasteiger partial charge in [-0.3, -0.25) is 9.47 Å². The van der Waals surface area contributed by atoms with Crippen LogP contribution in [0, 0.1) is 0 Å². The second-order valence-corrected chi connectivity index (χ2v) is 10.8. The van der Waals surface area contributed by atoms with Crippen molar-refractivity contribution in [3.05, 3.63) is 115 Å². The molecule has 0 spiro atoms. The van der Waals surface area contributed by atoms with Gasteiger partial charge in [-0.25, -0.2) is 4.99 Å². The predicted molar refractivity (Wildman–Crippen MR) is 156 cm³/mol. The molecule has 0 bridgehead atoms. The number of nitrogens with zero attached hydrogens (tertiary/aromatic N) is 4. The van der Waals surface area contributed by atoms with Gasteiger partial charge < -0.3 is 9.30 Å². The summed E-state index contributed by atoms with van der Waals surface area (Å²) in [5.41, 5.74) is 7.01. The molecule has 0 N–H and O–H groups in total. The van der Waals surface area contributed by atoms with E-state index in [-0.39, 0.29) is 6.17 Å². The summed E-state index contributed by atoms with van der Waals surface area (Å²) >= 11 is 0. The van der Waals surface area contributed by atoms with Crippen molar-refractivity contribution < 1.29 is 4.74 Å². The van der Waals surface area contributed by atoms with E-state index in [1.807, 2.05) is 6.07 Å². The number of hydrogen-bond acceptors (Lipinski definition) is 3. The van der Waals surface area contributed by atoms with Gasteiger partial charge in [-0.05, 0) is 29.8 Å². The van der Waals surface area contributed by atoms with Gasteiger partial charge >= 0.3 is 0 Å². The molecule has 3 aliphatic rings. The normalized spacial score (nSPS) is 20.8. The Hall–Kier alpha value is -4.87. The lowest BCUT2D eigenvalue weighted by Crippen LogP contribution is -2.17. The van der Waals surface area contributed by atoms with Crippen LogP contribution in [0.15, 0.2) is 114 Å². The smallest absolute Gasteiger partial charge is 0.154 e. The highest BCUT2D eigenvalue weighted by atomic mass is 16.5. The maximum Gasteiger partial charge on any atom is 0.154 e. The maximum absolute atomic E-state index is 6.64. The molecule has 5 heterocycles. The quantitative estimate of drug-likeness (QED) is 0.216. The number of para-hydroxylation sites is 4. The Morgan fingerprint density at radius 2 is 1.33 bits per heavy atom. The average Bonchev–Trinajstić information content (AvgIpc) is 3.43. The molecule has 10 rings (SSSR count). The zero-order valence-electron chi connectivity index (χ0n) is 21.0. The highest BCUT2D eigenvalue weighted by Crippen LogP contribution is 2.51. The van der Waals surface area contributed by atoms with Crippen molar-refractivity contribution >= 4 is 49.4 Å². The SMILES string of the molecule is c1ccc(C2N=C(n3c4ccccc4c4c5c6ccccc6n6c5c(cc43)Oc3ccccc3-6)C3CN32)cc1. The van der Waals surface area contributed by atoms with Crippen LogP contribution in [0.1, 0.15) is 11.7 Å². The van der Waals surface area contributed by atoms with Gasteiger partial charge in [0.05, 0.1) is 33.8 Å². The monoisotopic (exact) mass is 502 g/mol. The van der Waals surface area contributed by atoms with Crippen molar-refractivity contribution in [1.82, 2.24) is 14.0 Å². The van der Waals surface area contributed by atoms with Crippen molar-refractivity contribution in [3.8, 4) is 17.2 Å². The standard InChI is InChI=1S/C34H22N4O/c1-2-10-20(11-3-1)33-35-34(27-19-36(27)33)38-24-15-7-4-12-21(24)30-26(38)18-29-32-31(30)22-13-5-6-14-23(22)37(32)25-16-8-9-17-28(25)39-29/h1-18,27,33H,19H2. The molecule has 3 unspecified atom stereocenters. The fraction of sp³-hybridized carbons (Fsp3) is 0.0882. The molecule has 7 aromatic rings. The van der Waals surface area contributed by atoms with Crippen molar-refractivity contribution in [2.45, 2.75) is 12.2 Å². The van der Waals surface area contributed by atoms with Crippen molar-refractivity contribution in [1.29, 1.82) is 0 Å². The predicted octanol–water partition coefficient (Wildman–Crippen LogP) is 7.64. The van der Waals surface area contributed by atoms with E-state index >= 15 is 0 Å². The lowest BCUT2D eigenvalue weighted by atomic mass is 10.0. The summed E-state index contributed by atoms with van der Waals surface area (Å²) in [7, 11) is 0. The van der Waals surface area contributed by atoms with Crippen molar-refractivity contribution in [2.75, 3.05) is 6.54 Å². The second-order valence-electron chi connectivity index (χ2n) is 10.8. The third-order valence-electron chi connectivity index (χ3n) is 8.71. The summed E-state index contributed by atoms with van der Waals surface area (Å²) < 4.78 is 11.4. The molecule has 5 nitrogen and oxygen atoms in total. The lowest BCUT2D eigenvalue weighted by Gasteiger charge is -2.21. The first-order valence-electron chi connectivity index (χ1n) is 13.5. The van der Waals surface area contributed by atoms with Gasteiger partial charge in [0.1, 0.15) is 12.0 Å². The average molecular weight is 503 g/mol. The Morgan fingerprint density at radius 3 is 2.18 bits per heavy atom. The molecule has 184 valence electrons. The highest BCUT2D eigenvalue weighted by Gasteiger charge is 2.50. The van der Waals surface area contributed by atoms with Gasteiger partial charge in [-0.2, -0.15) is 0 Å². The molecule has 0 aliphatic carbocycles. The summed E-state index contributed by atoms with van der Waals surface area (Å²) in [5.74, 6) is 2.90. The topological polar surface area (TPSA) is 34.5 Å². The van der Waals surface area contributed by atoms with Crippen molar-refractivity contribution in [3.63, 3.8) is 0 Å². The maximum atomic E-state index is 6.64. The number of rotatable bonds is 1. The Morgan fingerprint density at radius 1 is 0.641 bits per heavy atom. The number of aliphatic imine (C=N–C) groups is 1. The van der Waals surface area contributed by atoms with E-state index in [1.54, 1.807) is 0 Å². The van der Waals surface area contributed by atoms with Gasteiger partial charge in [0.15, 0.2) is 11.5 Å². The van der Waals surface area contributed by atoms with Gasteiger partial charge in [0.2, 0.25) is 0 Å². The zero-order valence-corrected chi connectivity index (χ0v) is 21.0. The van der Waals surface area contributed by atoms with E-state index in [0.717, 1.165) is 40.6 Å². The largest absolute Gasteiger partial charge is 0.453 e. The molecule has 5 aromatic carbocycles. The number of ether oxygens (including phenoxy) is 1. The van der Waals surface area contributed by atoms with Crippen LogP contribution in [-0.2, 0) is 0 Å². The molecule has 2 aromatic heterocycles. The van der Waals surface area contributed by atoms with Gasteiger partial charge in [-0.1, -0.05) is 78.9 Å². The van der Waals surface area contributed by atoms with Crippen LogP contribution < -0.4 is 4.74 Å². The highest BCUT2D eigenvalue weighted by molar-refractivity contribution is 6.31. The van der Waals surface area contributed by atoms with E-state index in [4.69, 9.17) is 9.73 Å². The number of aromatic nitrogens is 2. The molecule has 5 heteroatoms. The lowest BCUT2D eigenvalue weighted by molar-refractivity contribution is 0.437. The summed E-state index contributed by atoms with van der Waals surface area (Å²) in [5, 5.41) is 5.00. The Kier molecular flexibility index (Phi) is 3.59.